The van der Waals surface area contributed by atoms with Crippen molar-refractivity contribution in [1.82, 2.24) is 9.97 Å². The zero-order valence-corrected chi connectivity index (χ0v) is 13.2. The van der Waals surface area contributed by atoms with Crippen molar-refractivity contribution < 1.29 is 22.3 Å². The molecule has 1 aliphatic rings. The van der Waals surface area contributed by atoms with Crippen molar-refractivity contribution in [3.63, 3.8) is 0 Å². The molecule has 1 aliphatic carbocycles. The third-order valence-corrected chi connectivity index (χ3v) is 4.33. The van der Waals surface area contributed by atoms with Crippen LogP contribution in [0.2, 0.25) is 0 Å². The Hall–Kier alpha value is -2.57. The van der Waals surface area contributed by atoms with E-state index in [1.165, 1.54) is 6.07 Å². The number of halogens is 3. The summed E-state index contributed by atoms with van der Waals surface area (Å²) >= 11 is 0. The smallest absolute Gasteiger partial charge is 0.416 e. The number of hydrogen-bond donors (Lipinski definition) is 0. The molecule has 0 spiro atoms. The molecule has 1 saturated carbocycles. The van der Waals surface area contributed by atoms with Gasteiger partial charge < -0.3 is 9.15 Å². The van der Waals surface area contributed by atoms with Gasteiger partial charge in [-0.15, -0.1) is 0 Å². The van der Waals surface area contributed by atoms with Crippen LogP contribution in [0, 0.1) is 0 Å². The highest BCUT2D eigenvalue weighted by Gasteiger charge is 2.31. The summed E-state index contributed by atoms with van der Waals surface area (Å²) in [5, 5.41) is 0. The molecule has 0 aliphatic heterocycles. The first-order chi connectivity index (χ1) is 12.0. The van der Waals surface area contributed by atoms with Crippen molar-refractivity contribution in [2.24, 2.45) is 0 Å². The quantitative estimate of drug-likeness (QED) is 0.650. The fourth-order valence-electron chi connectivity index (χ4n) is 3.06. The molecule has 3 aromatic rings. The monoisotopic (exact) mass is 348 g/mol. The fraction of sp³-hybridized carbons (Fsp3) is 0.333. The van der Waals surface area contributed by atoms with Crippen LogP contribution in [0.1, 0.15) is 31.2 Å². The second kappa shape index (κ2) is 6.06. The van der Waals surface area contributed by atoms with Gasteiger partial charge in [0.2, 0.25) is 5.89 Å². The van der Waals surface area contributed by atoms with E-state index < -0.39 is 11.7 Å². The number of fused-ring (bicyclic) bond motifs is 1. The van der Waals surface area contributed by atoms with E-state index in [0.29, 0.717) is 16.9 Å². The van der Waals surface area contributed by atoms with Gasteiger partial charge in [-0.05, 0) is 49.9 Å². The van der Waals surface area contributed by atoms with Crippen LogP contribution in [-0.2, 0) is 6.18 Å². The summed E-state index contributed by atoms with van der Waals surface area (Å²) in [5.41, 5.74) is 0.295. The number of pyridine rings is 1. The highest BCUT2D eigenvalue weighted by atomic mass is 19.4. The normalized spacial score (nSPS) is 15.8. The number of rotatable bonds is 3. The molecule has 4 rings (SSSR count). The van der Waals surface area contributed by atoms with E-state index in [2.05, 4.69) is 9.97 Å². The molecule has 0 unspecified atom stereocenters. The lowest BCUT2D eigenvalue weighted by Crippen LogP contribution is -2.11. The van der Waals surface area contributed by atoms with Gasteiger partial charge in [0.05, 0.1) is 23.4 Å². The summed E-state index contributed by atoms with van der Waals surface area (Å²) < 4.78 is 50.2. The Balaban J connectivity index is 1.72. The molecule has 0 N–H and O–H groups in total. The maximum Gasteiger partial charge on any atom is 0.416 e. The molecular formula is C18H15F3N2O2. The van der Waals surface area contributed by atoms with Gasteiger partial charge in [0.25, 0.3) is 0 Å². The van der Waals surface area contributed by atoms with E-state index in [9.17, 15) is 13.2 Å². The number of hydrogen-bond acceptors (Lipinski definition) is 4. The van der Waals surface area contributed by atoms with Gasteiger partial charge in [-0.25, -0.2) is 4.98 Å². The molecule has 0 amide bonds. The zero-order valence-electron chi connectivity index (χ0n) is 13.2. The van der Waals surface area contributed by atoms with Crippen LogP contribution in [-0.4, -0.2) is 16.1 Å². The summed E-state index contributed by atoms with van der Waals surface area (Å²) in [6.45, 7) is 0. The minimum absolute atomic E-state index is 0.129. The largest absolute Gasteiger partial charge is 0.488 e. The minimum atomic E-state index is -4.42. The Kier molecular flexibility index (Phi) is 3.86. The van der Waals surface area contributed by atoms with Crippen LogP contribution < -0.4 is 4.74 Å². The van der Waals surface area contributed by atoms with Gasteiger partial charge in [-0.3, -0.25) is 4.98 Å². The SMILES string of the molecule is FC(F)(F)c1ccc2oc(-c3ccncc3OC3CCCC3)nc2c1. The topological polar surface area (TPSA) is 48.2 Å². The van der Waals surface area contributed by atoms with Crippen molar-refractivity contribution in [3.05, 3.63) is 42.2 Å². The molecule has 2 aromatic heterocycles. The summed E-state index contributed by atoms with van der Waals surface area (Å²) in [4.78, 5) is 8.29. The Morgan fingerprint density at radius 3 is 2.68 bits per heavy atom. The number of ether oxygens (including phenoxy) is 1. The van der Waals surface area contributed by atoms with Crippen molar-refractivity contribution in [2.45, 2.75) is 38.0 Å². The van der Waals surface area contributed by atoms with E-state index in [1.807, 2.05) is 0 Å². The summed E-state index contributed by atoms with van der Waals surface area (Å²) in [5.74, 6) is 0.765. The third-order valence-electron chi connectivity index (χ3n) is 4.33. The predicted octanol–water partition coefficient (Wildman–Crippen LogP) is 5.23. The lowest BCUT2D eigenvalue weighted by atomic mass is 10.2. The lowest BCUT2D eigenvalue weighted by Gasteiger charge is -2.14. The molecule has 0 bridgehead atoms. The molecule has 7 heteroatoms. The third kappa shape index (κ3) is 3.18. The van der Waals surface area contributed by atoms with Crippen LogP contribution in [0.3, 0.4) is 0 Å². The Bertz CT molecular complexity index is 899. The number of aromatic nitrogens is 2. The summed E-state index contributed by atoms with van der Waals surface area (Å²) in [6.07, 6.45) is 3.10. The molecule has 0 atom stereocenters. The van der Waals surface area contributed by atoms with E-state index >= 15 is 0 Å². The molecule has 2 heterocycles. The maximum atomic E-state index is 12.9. The molecule has 25 heavy (non-hydrogen) atoms. The van der Waals surface area contributed by atoms with Crippen LogP contribution in [0.5, 0.6) is 5.75 Å². The molecule has 130 valence electrons. The second-order valence-electron chi connectivity index (χ2n) is 6.10. The average molecular weight is 348 g/mol. The minimum Gasteiger partial charge on any atom is -0.488 e. The molecule has 1 aromatic carbocycles. The molecule has 1 fully saturated rings. The van der Waals surface area contributed by atoms with Crippen LogP contribution >= 0.6 is 0 Å². The van der Waals surface area contributed by atoms with Crippen LogP contribution in [0.15, 0.2) is 41.1 Å². The molecular weight excluding hydrogens is 333 g/mol. The average Bonchev–Trinajstić information content (AvgIpc) is 3.22. The van der Waals surface area contributed by atoms with Crippen LogP contribution in [0.4, 0.5) is 13.2 Å². The highest BCUT2D eigenvalue weighted by molar-refractivity contribution is 5.78. The summed E-state index contributed by atoms with van der Waals surface area (Å²) in [6, 6.07) is 4.95. The fourth-order valence-corrected chi connectivity index (χ4v) is 3.06. The van der Waals surface area contributed by atoms with Gasteiger partial charge >= 0.3 is 6.18 Å². The van der Waals surface area contributed by atoms with Crippen molar-refractivity contribution in [1.29, 1.82) is 0 Å². The van der Waals surface area contributed by atoms with Gasteiger partial charge in [-0.1, -0.05) is 0 Å². The van der Waals surface area contributed by atoms with E-state index in [1.54, 1.807) is 18.5 Å². The van der Waals surface area contributed by atoms with Gasteiger partial charge in [0, 0.05) is 6.20 Å². The van der Waals surface area contributed by atoms with Crippen molar-refractivity contribution in [2.75, 3.05) is 0 Å². The number of alkyl halides is 3. The second-order valence-corrected chi connectivity index (χ2v) is 6.10. The van der Waals surface area contributed by atoms with Gasteiger partial charge in [-0.2, -0.15) is 13.2 Å². The first-order valence-corrected chi connectivity index (χ1v) is 8.09. The Labute approximate surface area is 141 Å². The first-order valence-electron chi connectivity index (χ1n) is 8.09. The Morgan fingerprint density at radius 2 is 1.92 bits per heavy atom. The first kappa shape index (κ1) is 15.9. The lowest BCUT2D eigenvalue weighted by molar-refractivity contribution is -0.137. The molecule has 0 radical (unpaired) electrons. The van der Waals surface area contributed by atoms with E-state index in [-0.39, 0.29) is 17.5 Å². The highest BCUT2D eigenvalue weighted by Crippen LogP contribution is 2.36. The standard InChI is InChI=1S/C18H15F3N2O2/c19-18(20,21)11-5-6-15-14(9-11)23-17(25-15)13-7-8-22-10-16(13)24-12-3-1-2-4-12/h5-10,12H,1-4H2. The van der Waals surface area contributed by atoms with Gasteiger partial charge in [0.15, 0.2) is 11.3 Å². The number of oxazole rings is 1. The van der Waals surface area contributed by atoms with Crippen molar-refractivity contribution in [3.8, 4) is 17.2 Å². The predicted molar refractivity (Wildman–Crippen MR) is 85.1 cm³/mol. The number of nitrogens with zero attached hydrogens (tertiary/aromatic N) is 2. The van der Waals surface area contributed by atoms with E-state index in [4.69, 9.17) is 9.15 Å². The zero-order chi connectivity index (χ0) is 17.4. The summed E-state index contributed by atoms with van der Waals surface area (Å²) in [7, 11) is 0. The molecule has 4 nitrogen and oxygen atoms in total. The Morgan fingerprint density at radius 1 is 1.12 bits per heavy atom. The van der Waals surface area contributed by atoms with Gasteiger partial charge in [0.1, 0.15) is 5.52 Å². The van der Waals surface area contributed by atoms with Crippen LogP contribution in [0.25, 0.3) is 22.6 Å². The van der Waals surface area contributed by atoms with E-state index in [0.717, 1.165) is 37.8 Å². The molecule has 0 saturated heterocycles. The number of benzene rings is 1. The maximum absolute atomic E-state index is 12.9. The van der Waals surface area contributed by atoms with Crippen molar-refractivity contribution >= 4 is 11.1 Å².